The number of nitrogens with zero attached hydrogens (tertiary/aromatic N) is 2. The second-order valence-electron chi connectivity index (χ2n) is 5.23. The van der Waals surface area contributed by atoms with Crippen molar-refractivity contribution in [2.75, 3.05) is 0 Å². The number of carboxylic acid groups (broad SMARTS) is 1. The van der Waals surface area contributed by atoms with Crippen molar-refractivity contribution in [3.8, 4) is 0 Å². The smallest absolute Gasteiger partial charge is 0.323 e. The standard InChI is InChI=1S/C16H16N2O3S/c19-14(20)9-18-13-8-4-7-12(13)15(21)17-16(18)22-10-11-5-2-1-3-6-11/h1-3,5-6H,4,7-10H2,(H,19,20). The lowest BCUT2D eigenvalue weighted by molar-refractivity contribution is -0.137. The molecule has 0 amide bonds. The Morgan fingerprint density at radius 1 is 1.27 bits per heavy atom. The lowest BCUT2D eigenvalue weighted by atomic mass is 10.2. The maximum atomic E-state index is 12.1. The summed E-state index contributed by atoms with van der Waals surface area (Å²) in [6.07, 6.45) is 2.34. The summed E-state index contributed by atoms with van der Waals surface area (Å²) in [5, 5.41) is 9.64. The number of carbonyl (C=O) groups is 1. The average molecular weight is 316 g/mol. The van der Waals surface area contributed by atoms with E-state index in [9.17, 15) is 9.59 Å². The molecular formula is C16H16N2O3S. The third-order valence-electron chi connectivity index (χ3n) is 3.70. The predicted octanol–water partition coefficient (Wildman–Crippen LogP) is 2.11. The van der Waals surface area contributed by atoms with Crippen LogP contribution in [-0.2, 0) is 29.9 Å². The average Bonchev–Trinajstić information content (AvgIpc) is 2.99. The molecule has 0 saturated carbocycles. The molecule has 0 bridgehead atoms. The zero-order valence-electron chi connectivity index (χ0n) is 12.0. The Balaban J connectivity index is 1.94. The largest absolute Gasteiger partial charge is 0.480 e. The molecule has 0 fully saturated rings. The summed E-state index contributed by atoms with van der Waals surface area (Å²) in [5.41, 5.74) is 2.44. The van der Waals surface area contributed by atoms with Gasteiger partial charge in [-0.15, -0.1) is 0 Å². The van der Waals surface area contributed by atoms with Gasteiger partial charge >= 0.3 is 5.97 Å². The Labute approximate surface area is 132 Å². The molecule has 0 aliphatic heterocycles. The number of aromatic nitrogens is 2. The van der Waals surface area contributed by atoms with E-state index in [2.05, 4.69) is 4.98 Å². The Kier molecular flexibility index (Phi) is 4.29. The van der Waals surface area contributed by atoms with Crippen molar-refractivity contribution in [1.29, 1.82) is 0 Å². The second-order valence-corrected chi connectivity index (χ2v) is 6.17. The Hall–Kier alpha value is -2.08. The van der Waals surface area contributed by atoms with E-state index in [1.165, 1.54) is 11.8 Å². The van der Waals surface area contributed by atoms with E-state index in [1.54, 1.807) is 4.57 Å². The maximum absolute atomic E-state index is 12.1. The van der Waals surface area contributed by atoms with Gasteiger partial charge in [0.2, 0.25) is 0 Å². The molecule has 0 spiro atoms. The summed E-state index contributed by atoms with van der Waals surface area (Å²) < 4.78 is 1.69. The van der Waals surface area contributed by atoms with Crippen LogP contribution in [-0.4, -0.2) is 20.6 Å². The highest BCUT2D eigenvalue weighted by Gasteiger charge is 2.22. The Bertz CT molecular complexity index is 756. The van der Waals surface area contributed by atoms with E-state index < -0.39 is 5.97 Å². The molecule has 1 aliphatic rings. The van der Waals surface area contributed by atoms with Gasteiger partial charge in [0.1, 0.15) is 6.54 Å². The summed E-state index contributed by atoms with van der Waals surface area (Å²) in [6.45, 7) is -0.146. The van der Waals surface area contributed by atoms with Crippen LogP contribution in [0.3, 0.4) is 0 Å². The van der Waals surface area contributed by atoms with Crippen molar-refractivity contribution in [1.82, 2.24) is 9.55 Å². The van der Waals surface area contributed by atoms with Crippen molar-refractivity contribution >= 4 is 17.7 Å². The van der Waals surface area contributed by atoms with E-state index in [0.717, 1.165) is 24.1 Å². The van der Waals surface area contributed by atoms with E-state index >= 15 is 0 Å². The fourth-order valence-corrected chi connectivity index (χ4v) is 3.68. The van der Waals surface area contributed by atoms with Crippen LogP contribution in [0, 0.1) is 0 Å². The molecule has 0 radical (unpaired) electrons. The molecule has 6 heteroatoms. The van der Waals surface area contributed by atoms with Gasteiger partial charge in [-0.25, -0.2) is 0 Å². The lowest BCUT2D eigenvalue weighted by Crippen LogP contribution is -2.24. The summed E-state index contributed by atoms with van der Waals surface area (Å²) in [6, 6.07) is 9.86. The number of benzene rings is 1. The Morgan fingerprint density at radius 3 is 2.77 bits per heavy atom. The van der Waals surface area contributed by atoms with Gasteiger partial charge in [-0.1, -0.05) is 42.1 Å². The van der Waals surface area contributed by atoms with Gasteiger partial charge in [0, 0.05) is 17.0 Å². The zero-order chi connectivity index (χ0) is 15.5. The van der Waals surface area contributed by atoms with Crippen LogP contribution in [0.5, 0.6) is 0 Å². The topological polar surface area (TPSA) is 72.2 Å². The van der Waals surface area contributed by atoms with Crippen molar-refractivity contribution < 1.29 is 9.90 Å². The fraction of sp³-hybridized carbons (Fsp3) is 0.312. The van der Waals surface area contributed by atoms with Gasteiger partial charge < -0.3 is 9.67 Å². The third-order valence-corrected chi connectivity index (χ3v) is 4.75. The number of rotatable bonds is 5. The Morgan fingerprint density at radius 2 is 2.05 bits per heavy atom. The number of carboxylic acids is 1. The SMILES string of the molecule is O=C(O)Cn1c(SCc2ccccc2)nc(=O)c2c1CCC2. The number of aliphatic carboxylic acids is 1. The molecule has 1 heterocycles. The molecule has 0 atom stereocenters. The molecule has 0 unspecified atom stereocenters. The van der Waals surface area contributed by atoms with Gasteiger partial charge in [0.05, 0.1) is 0 Å². The molecule has 114 valence electrons. The number of fused-ring (bicyclic) bond motifs is 1. The minimum absolute atomic E-state index is 0.146. The fourth-order valence-electron chi connectivity index (χ4n) is 2.72. The molecule has 1 aromatic heterocycles. The van der Waals surface area contributed by atoms with Crippen LogP contribution < -0.4 is 5.56 Å². The first-order valence-electron chi connectivity index (χ1n) is 7.16. The lowest BCUT2D eigenvalue weighted by Gasteiger charge is -2.15. The molecule has 1 N–H and O–H groups in total. The third kappa shape index (κ3) is 3.06. The van der Waals surface area contributed by atoms with Gasteiger partial charge in [-0.2, -0.15) is 4.98 Å². The maximum Gasteiger partial charge on any atom is 0.323 e. The summed E-state index contributed by atoms with van der Waals surface area (Å²) in [5.74, 6) is -0.257. The first kappa shape index (κ1) is 14.8. The van der Waals surface area contributed by atoms with E-state index in [4.69, 9.17) is 5.11 Å². The minimum atomic E-state index is -0.916. The first-order valence-corrected chi connectivity index (χ1v) is 8.15. The van der Waals surface area contributed by atoms with Gasteiger partial charge in [-0.05, 0) is 24.8 Å². The van der Waals surface area contributed by atoms with Crippen LogP contribution >= 0.6 is 11.8 Å². The highest BCUT2D eigenvalue weighted by atomic mass is 32.2. The quantitative estimate of drug-likeness (QED) is 0.675. The molecule has 0 saturated heterocycles. The first-order chi connectivity index (χ1) is 10.6. The number of hydrogen-bond donors (Lipinski definition) is 1. The van der Waals surface area contributed by atoms with Gasteiger partial charge in [0.15, 0.2) is 5.16 Å². The summed E-state index contributed by atoms with van der Waals surface area (Å²) in [7, 11) is 0. The highest BCUT2D eigenvalue weighted by molar-refractivity contribution is 7.98. The molecule has 2 aromatic rings. The molecular weight excluding hydrogens is 300 g/mol. The van der Waals surface area contributed by atoms with Crippen molar-refractivity contribution in [2.24, 2.45) is 0 Å². The molecule has 3 rings (SSSR count). The molecule has 1 aliphatic carbocycles. The monoisotopic (exact) mass is 316 g/mol. The van der Waals surface area contributed by atoms with Crippen LogP contribution in [0.25, 0.3) is 0 Å². The zero-order valence-corrected chi connectivity index (χ0v) is 12.8. The van der Waals surface area contributed by atoms with E-state index in [-0.39, 0.29) is 12.1 Å². The number of thioether (sulfide) groups is 1. The highest BCUT2D eigenvalue weighted by Crippen LogP contribution is 2.26. The van der Waals surface area contributed by atoms with Gasteiger partial charge in [0.25, 0.3) is 5.56 Å². The van der Waals surface area contributed by atoms with Crippen LogP contribution in [0.1, 0.15) is 23.2 Å². The van der Waals surface area contributed by atoms with E-state index in [0.29, 0.717) is 22.9 Å². The van der Waals surface area contributed by atoms with Crippen LogP contribution in [0.2, 0.25) is 0 Å². The molecule has 1 aromatic carbocycles. The second kappa shape index (κ2) is 6.36. The van der Waals surface area contributed by atoms with Crippen molar-refractivity contribution in [3.63, 3.8) is 0 Å². The molecule has 5 nitrogen and oxygen atoms in total. The normalized spacial score (nSPS) is 13.1. The van der Waals surface area contributed by atoms with E-state index in [1.807, 2.05) is 30.3 Å². The number of hydrogen-bond acceptors (Lipinski definition) is 4. The summed E-state index contributed by atoms with van der Waals surface area (Å²) >= 11 is 1.41. The van der Waals surface area contributed by atoms with Gasteiger partial charge in [-0.3, -0.25) is 9.59 Å². The van der Waals surface area contributed by atoms with Crippen molar-refractivity contribution in [3.05, 3.63) is 57.5 Å². The predicted molar refractivity (Wildman–Crippen MR) is 84.2 cm³/mol. The minimum Gasteiger partial charge on any atom is -0.480 e. The van der Waals surface area contributed by atoms with Crippen LogP contribution in [0.4, 0.5) is 0 Å². The van der Waals surface area contributed by atoms with Crippen LogP contribution in [0.15, 0.2) is 40.3 Å². The summed E-state index contributed by atoms with van der Waals surface area (Å²) in [4.78, 5) is 27.4. The van der Waals surface area contributed by atoms with Crippen molar-refractivity contribution in [2.45, 2.75) is 36.7 Å². The molecule has 22 heavy (non-hydrogen) atoms.